The Morgan fingerprint density at radius 1 is 1.30 bits per heavy atom. The maximum atomic E-state index is 14.5. The monoisotopic (exact) mass is 312 g/mol. The highest BCUT2D eigenvalue weighted by atomic mass is 19.1. The quantitative estimate of drug-likeness (QED) is 0.927. The van der Waals surface area contributed by atoms with Gasteiger partial charge in [0.05, 0.1) is 11.8 Å². The Morgan fingerprint density at radius 3 is 2.87 bits per heavy atom. The van der Waals surface area contributed by atoms with Crippen molar-refractivity contribution in [3.05, 3.63) is 52.6 Å². The van der Waals surface area contributed by atoms with Gasteiger partial charge in [-0.25, -0.2) is 9.37 Å². The van der Waals surface area contributed by atoms with Crippen molar-refractivity contribution in [2.24, 2.45) is 5.73 Å². The number of fused-ring (bicyclic) bond motifs is 4. The summed E-state index contributed by atoms with van der Waals surface area (Å²) in [6.07, 6.45) is 2.57. The number of hydrogen-bond acceptors (Lipinski definition) is 3. The van der Waals surface area contributed by atoms with Crippen molar-refractivity contribution in [3.63, 3.8) is 0 Å². The fourth-order valence-corrected chi connectivity index (χ4v) is 3.56. The highest BCUT2D eigenvalue weighted by Crippen LogP contribution is 2.43. The Kier molecular flexibility index (Phi) is 3.20. The summed E-state index contributed by atoms with van der Waals surface area (Å²) in [5, 5.41) is 0. The van der Waals surface area contributed by atoms with Crippen LogP contribution in [0.3, 0.4) is 0 Å². The van der Waals surface area contributed by atoms with E-state index in [2.05, 4.69) is 4.98 Å². The van der Waals surface area contributed by atoms with E-state index in [0.29, 0.717) is 17.5 Å². The molecule has 2 bridgehead atoms. The number of halogens is 1. The van der Waals surface area contributed by atoms with Crippen LogP contribution >= 0.6 is 0 Å². The van der Waals surface area contributed by atoms with Crippen LogP contribution in [0.5, 0.6) is 0 Å². The van der Waals surface area contributed by atoms with E-state index in [9.17, 15) is 9.18 Å². The SMILES string of the molecule is Cc1ccc(-c2cc(C(N)=O)nc3c2C[C@@H]2CC[C@H]3O2)c(F)c1. The van der Waals surface area contributed by atoms with Crippen molar-refractivity contribution in [2.75, 3.05) is 0 Å². The number of hydrogen-bond donors (Lipinski definition) is 1. The minimum absolute atomic E-state index is 0.115. The summed E-state index contributed by atoms with van der Waals surface area (Å²) in [6.45, 7) is 1.85. The van der Waals surface area contributed by atoms with Gasteiger partial charge >= 0.3 is 0 Å². The van der Waals surface area contributed by atoms with E-state index in [1.165, 1.54) is 6.07 Å². The molecule has 0 aliphatic carbocycles. The Morgan fingerprint density at radius 2 is 2.13 bits per heavy atom. The molecule has 0 saturated carbocycles. The van der Waals surface area contributed by atoms with E-state index in [1.807, 2.05) is 13.0 Å². The lowest BCUT2D eigenvalue weighted by atomic mass is 9.92. The van der Waals surface area contributed by atoms with Gasteiger partial charge in [-0.05, 0) is 48.6 Å². The van der Waals surface area contributed by atoms with Crippen LogP contribution in [0.4, 0.5) is 4.39 Å². The number of aryl methyl sites for hydroxylation is 1. The second kappa shape index (κ2) is 5.13. The summed E-state index contributed by atoms with van der Waals surface area (Å²) in [6, 6.07) is 6.73. The second-order valence-electron chi connectivity index (χ2n) is 6.29. The van der Waals surface area contributed by atoms with Gasteiger partial charge in [0.15, 0.2) is 0 Å². The summed E-state index contributed by atoms with van der Waals surface area (Å²) in [4.78, 5) is 16.0. The number of pyridine rings is 1. The maximum Gasteiger partial charge on any atom is 0.267 e. The lowest BCUT2D eigenvalue weighted by Crippen LogP contribution is -2.23. The van der Waals surface area contributed by atoms with Crippen molar-refractivity contribution in [1.29, 1.82) is 0 Å². The number of ether oxygens (including phenoxy) is 1. The Hall–Kier alpha value is -2.27. The third kappa shape index (κ3) is 2.32. The fraction of sp³-hybridized carbons (Fsp3) is 0.333. The lowest BCUT2D eigenvalue weighted by molar-refractivity contribution is 0.0295. The molecule has 2 aliphatic heterocycles. The second-order valence-corrected chi connectivity index (χ2v) is 6.29. The molecule has 1 amide bonds. The topological polar surface area (TPSA) is 65.2 Å². The molecule has 2 aliphatic rings. The van der Waals surface area contributed by atoms with Gasteiger partial charge in [0.25, 0.3) is 5.91 Å². The number of aromatic nitrogens is 1. The molecule has 5 heteroatoms. The van der Waals surface area contributed by atoms with Crippen LogP contribution in [0.25, 0.3) is 11.1 Å². The molecule has 2 atom stereocenters. The highest BCUT2D eigenvalue weighted by molar-refractivity contribution is 5.92. The molecule has 23 heavy (non-hydrogen) atoms. The Labute approximate surface area is 133 Å². The van der Waals surface area contributed by atoms with E-state index in [0.717, 1.165) is 29.7 Å². The number of primary amides is 1. The van der Waals surface area contributed by atoms with E-state index < -0.39 is 5.91 Å². The average Bonchev–Trinajstić information content (AvgIpc) is 2.89. The van der Waals surface area contributed by atoms with Crippen molar-refractivity contribution in [1.82, 2.24) is 4.98 Å². The van der Waals surface area contributed by atoms with Gasteiger partial charge in [-0.2, -0.15) is 0 Å². The number of carbonyl (C=O) groups is 1. The smallest absolute Gasteiger partial charge is 0.267 e. The van der Waals surface area contributed by atoms with Crippen LogP contribution in [0.2, 0.25) is 0 Å². The molecule has 1 aromatic carbocycles. The van der Waals surface area contributed by atoms with Crippen LogP contribution in [0, 0.1) is 12.7 Å². The zero-order valence-corrected chi connectivity index (χ0v) is 12.8. The zero-order chi connectivity index (χ0) is 16.1. The summed E-state index contributed by atoms with van der Waals surface area (Å²) < 4.78 is 20.4. The number of amides is 1. The summed E-state index contributed by atoms with van der Waals surface area (Å²) in [7, 11) is 0. The van der Waals surface area contributed by atoms with Crippen LogP contribution in [0.15, 0.2) is 24.3 Å². The molecule has 1 fully saturated rings. The number of rotatable bonds is 2. The van der Waals surface area contributed by atoms with Gasteiger partial charge in [0.1, 0.15) is 17.6 Å². The average molecular weight is 312 g/mol. The van der Waals surface area contributed by atoms with Crippen molar-refractivity contribution >= 4 is 5.91 Å². The molecule has 3 heterocycles. The largest absolute Gasteiger partial charge is 0.368 e. The van der Waals surface area contributed by atoms with Crippen molar-refractivity contribution < 1.29 is 13.9 Å². The Balaban J connectivity index is 1.97. The number of carbonyl (C=O) groups excluding carboxylic acids is 1. The van der Waals surface area contributed by atoms with Crippen LogP contribution in [0.1, 0.15) is 46.3 Å². The molecular weight excluding hydrogens is 295 g/mol. The van der Waals surface area contributed by atoms with Crippen molar-refractivity contribution in [3.8, 4) is 11.1 Å². The number of benzene rings is 1. The van der Waals surface area contributed by atoms with Gasteiger partial charge in [-0.3, -0.25) is 4.79 Å². The number of nitrogens with two attached hydrogens (primary N) is 1. The standard InChI is InChI=1S/C18H17FN2O2/c1-9-2-4-11(14(19)6-9)12-8-15(18(20)22)21-17-13(12)7-10-3-5-16(17)23-10/h2,4,6,8,10,16H,3,5,7H2,1H3,(H2,20,22)/t10-,16+/m0/s1. The molecule has 1 aromatic heterocycles. The number of nitrogens with zero attached hydrogens (tertiary/aromatic N) is 1. The van der Waals surface area contributed by atoms with E-state index >= 15 is 0 Å². The first kappa shape index (κ1) is 14.3. The first-order valence-corrected chi connectivity index (χ1v) is 7.78. The molecule has 4 nitrogen and oxygen atoms in total. The molecule has 2 N–H and O–H groups in total. The first-order chi connectivity index (χ1) is 11.0. The first-order valence-electron chi connectivity index (χ1n) is 7.78. The molecule has 118 valence electrons. The van der Waals surface area contributed by atoms with Gasteiger partial charge in [0.2, 0.25) is 0 Å². The van der Waals surface area contributed by atoms with Gasteiger partial charge < -0.3 is 10.5 Å². The summed E-state index contributed by atoms with van der Waals surface area (Å²) >= 11 is 0. The van der Waals surface area contributed by atoms with Crippen LogP contribution in [-0.4, -0.2) is 17.0 Å². The van der Waals surface area contributed by atoms with Gasteiger partial charge in [-0.1, -0.05) is 12.1 Å². The molecule has 0 radical (unpaired) electrons. The summed E-state index contributed by atoms with van der Waals surface area (Å²) in [5.41, 5.74) is 9.35. The molecular formula is C18H17FN2O2. The minimum Gasteiger partial charge on any atom is -0.368 e. The maximum absolute atomic E-state index is 14.5. The highest BCUT2D eigenvalue weighted by Gasteiger charge is 2.37. The summed E-state index contributed by atoms with van der Waals surface area (Å²) in [5.74, 6) is -0.908. The predicted molar refractivity (Wildman–Crippen MR) is 83.4 cm³/mol. The third-order valence-corrected chi connectivity index (χ3v) is 4.67. The van der Waals surface area contributed by atoms with Gasteiger partial charge in [0, 0.05) is 12.0 Å². The van der Waals surface area contributed by atoms with Crippen LogP contribution in [-0.2, 0) is 11.2 Å². The van der Waals surface area contributed by atoms with Crippen LogP contribution < -0.4 is 5.73 Å². The molecule has 1 saturated heterocycles. The third-order valence-electron chi connectivity index (χ3n) is 4.67. The Bertz CT molecular complexity index is 819. The molecule has 4 rings (SSSR count). The molecule has 0 unspecified atom stereocenters. The van der Waals surface area contributed by atoms with E-state index in [-0.39, 0.29) is 23.7 Å². The lowest BCUT2D eigenvalue weighted by Gasteiger charge is -2.26. The van der Waals surface area contributed by atoms with Crippen molar-refractivity contribution in [2.45, 2.75) is 38.4 Å². The zero-order valence-electron chi connectivity index (χ0n) is 12.8. The van der Waals surface area contributed by atoms with E-state index in [1.54, 1.807) is 12.1 Å². The predicted octanol–water partition coefficient (Wildman–Crippen LogP) is 3.07. The molecule has 2 aromatic rings. The normalized spacial score (nSPS) is 22.0. The fourth-order valence-electron chi connectivity index (χ4n) is 3.56. The minimum atomic E-state index is -0.610. The molecule has 0 spiro atoms. The van der Waals surface area contributed by atoms with E-state index in [4.69, 9.17) is 10.5 Å². The van der Waals surface area contributed by atoms with Gasteiger partial charge in [-0.15, -0.1) is 0 Å².